The molecule has 3 heterocycles. The van der Waals surface area contributed by atoms with E-state index in [4.69, 9.17) is 5.10 Å². The van der Waals surface area contributed by atoms with E-state index >= 15 is 0 Å². The van der Waals surface area contributed by atoms with Crippen molar-refractivity contribution in [3.8, 4) is 28.5 Å². The Kier molecular flexibility index (Phi) is 5.75. The Morgan fingerprint density at radius 2 is 1.88 bits per heavy atom. The van der Waals surface area contributed by atoms with E-state index in [1.807, 2.05) is 58.1 Å². The lowest BCUT2D eigenvalue weighted by atomic mass is 9.96. The Labute approximate surface area is 198 Å². The molecule has 1 aliphatic rings. The summed E-state index contributed by atoms with van der Waals surface area (Å²) in [6, 6.07) is 23.7. The van der Waals surface area contributed by atoms with Gasteiger partial charge in [-0.1, -0.05) is 49.0 Å². The van der Waals surface area contributed by atoms with Crippen LogP contribution in [0.15, 0.2) is 91.8 Å². The van der Waals surface area contributed by atoms with Gasteiger partial charge in [0.25, 0.3) is 0 Å². The van der Waals surface area contributed by atoms with E-state index in [-0.39, 0.29) is 11.9 Å². The van der Waals surface area contributed by atoms with Gasteiger partial charge in [0.1, 0.15) is 5.69 Å². The highest BCUT2D eigenvalue weighted by Crippen LogP contribution is 2.37. The van der Waals surface area contributed by atoms with Gasteiger partial charge in [-0.25, -0.2) is 0 Å². The molecule has 0 spiro atoms. The van der Waals surface area contributed by atoms with Crippen molar-refractivity contribution in [2.24, 2.45) is 0 Å². The SMILES string of the molecule is C=CC(=O)N1Cc2c(-c3ccncc3)c(-c3cccc(C#N)c3)nn2C[C@@H]1Cc1ccccc1. The maximum atomic E-state index is 12.9. The Hall–Kier alpha value is -4.50. The summed E-state index contributed by atoms with van der Waals surface area (Å²) in [6.45, 7) is 4.72. The number of nitriles is 1. The fourth-order valence-corrected chi connectivity index (χ4v) is 4.59. The van der Waals surface area contributed by atoms with Gasteiger partial charge >= 0.3 is 0 Å². The second-order valence-corrected chi connectivity index (χ2v) is 8.29. The van der Waals surface area contributed by atoms with Gasteiger partial charge in [0.15, 0.2) is 0 Å². The summed E-state index contributed by atoms with van der Waals surface area (Å²) in [5, 5.41) is 14.4. The van der Waals surface area contributed by atoms with Gasteiger partial charge in [-0.2, -0.15) is 10.4 Å². The lowest BCUT2D eigenvalue weighted by molar-refractivity contribution is -0.130. The van der Waals surface area contributed by atoms with Crippen LogP contribution in [0.4, 0.5) is 0 Å². The molecule has 0 saturated heterocycles. The number of amides is 1. The number of hydrogen-bond donors (Lipinski definition) is 0. The number of carbonyl (C=O) groups excluding carboxylic acids is 1. The fraction of sp³-hybridized carbons (Fsp3) is 0.143. The summed E-state index contributed by atoms with van der Waals surface area (Å²) in [7, 11) is 0. The maximum absolute atomic E-state index is 12.9. The first-order chi connectivity index (χ1) is 16.7. The molecule has 6 heteroatoms. The number of carbonyl (C=O) groups is 1. The van der Waals surface area contributed by atoms with Gasteiger partial charge < -0.3 is 4.90 Å². The third-order valence-corrected chi connectivity index (χ3v) is 6.21. The van der Waals surface area contributed by atoms with Crippen molar-refractivity contribution < 1.29 is 4.79 Å². The quantitative estimate of drug-likeness (QED) is 0.420. The van der Waals surface area contributed by atoms with E-state index in [1.165, 1.54) is 11.6 Å². The van der Waals surface area contributed by atoms with Crippen LogP contribution in [-0.2, 0) is 24.3 Å². The number of benzene rings is 2. The molecule has 1 atom stereocenters. The van der Waals surface area contributed by atoms with Crippen LogP contribution >= 0.6 is 0 Å². The summed E-state index contributed by atoms with van der Waals surface area (Å²) >= 11 is 0. The van der Waals surface area contributed by atoms with Crippen LogP contribution in [0.25, 0.3) is 22.4 Å². The van der Waals surface area contributed by atoms with Crippen LogP contribution in [-0.4, -0.2) is 31.6 Å². The second-order valence-electron chi connectivity index (χ2n) is 8.29. The van der Waals surface area contributed by atoms with E-state index < -0.39 is 0 Å². The second kappa shape index (κ2) is 9.16. The van der Waals surface area contributed by atoms with Crippen LogP contribution in [0.1, 0.15) is 16.8 Å². The Bertz CT molecular complexity index is 1390. The van der Waals surface area contributed by atoms with Crippen LogP contribution in [0.3, 0.4) is 0 Å². The molecule has 0 radical (unpaired) electrons. The number of hydrogen-bond acceptors (Lipinski definition) is 4. The van der Waals surface area contributed by atoms with Crippen LogP contribution in [0.2, 0.25) is 0 Å². The number of fused-ring (bicyclic) bond motifs is 1. The molecule has 0 saturated carbocycles. The number of aromatic nitrogens is 3. The third-order valence-electron chi connectivity index (χ3n) is 6.21. The summed E-state index contributed by atoms with van der Waals surface area (Å²) < 4.78 is 2.02. The average molecular weight is 446 g/mol. The lowest BCUT2D eigenvalue weighted by Crippen LogP contribution is -2.47. The van der Waals surface area contributed by atoms with Gasteiger partial charge in [-0.05, 0) is 47.9 Å². The van der Waals surface area contributed by atoms with Gasteiger partial charge in [0.05, 0.1) is 36.5 Å². The first-order valence-electron chi connectivity index (χ1n) is 11.2. The molecular formula is C28H23N5O. The smallest absolute Gasteiger partial charge is 0.246 e. The fourth-order valence-electron chi connectivity index (χ4n) is 4.59. The lowest BCUT2D eigenvalue weighted by Gasteiger charge is -2.36. The highest BCUT2D eigenvalue weighted by atomic mass is 16.2. The molecule has 0 fully saturated rings. The van der Waals surface area contributed by atoms with Crippen molar-refractivity contribution in [1.82, 2.24) is 19.7 Å². The van der Waals surface area contributed by atoms with Crippen LogP contribution in [0.5, 0.6) is 0 Å². The normalized spacial score (nSPS) is 14.8. The highest BCUT2D eigenvalue weighted by molar-refractivity contribution is 5.88. The minimum Gasteiger partial charge on any atom is -0.328 e. The minimum atomic E-state index is -0.0953. The third kappa shape index (κ3) is 4.00. The van der Waals surface area contributed by atoms with Crippen LogP contribution in [0, 0.1) is 11.3 Å². The summed E-state index contributed by atoms with van der Waals surface area (Å²) in [4.78, 5) is 19.0. The zero-order valence-electron chi connectivity index (χ0n) is 18.6. The molecule has 2 aromatic carbocycles. The zero-order valence-corrected chi connectivity index (χ0v) is 18.6. The van der Waals surface area contributed by atoms with Gasteiger partial charge in [0.2, 0.25) is 5.91 Å². The molecule has 0 N–H and O–H groups in total. The van der Waals surface area contributed by atoms with Crippen molar-refractivity contribution in [1.29, 1.82) is 5.26 Å². The molecule has 0 aliphatic carbocycles. The van der Waals surface area contributed by atoms with Crippen molar-refractivity contribution in [3.63, 3.8) is 0 Å². The first-order valence-corrected chi connectivity index (χ1v) is 11.2. The van der Waals surface area contributed by atoms with E-state index in [2.05, 4.69) is 29.8 Å². The molecule has 1 aliphatic heterocycles. The van der Waals surface area contributed by atoms with Gasteiger partial charge in [-0.15, -0.1) is 0 Å². The largest absolute Gasteiger partial charge is 0.328 e. The highest BCUT2D eigenvalue weighted by Gasteiger charge is 2.33. The molecule has 5 rings (SSSR count). The Morgan fingerprint density at radius 1 is 1.09 bits per heavy atom. The van der Waals surface area contributed by atoms with Crippen molar-refractivity contribution in [2.45, 2.75) is 25.6 Å². The Balaban J connectivity index is 1.65. The van der Waals surface area contributed by atoms with E-state index in [0.717, 1.165) is 34.5 Å². The van der Waals surface area contributed by atoms with E-state index in [1.54, 1.807) is 18.5 Å². The molecule has 1 amide bonds. The predicted molar refractivity (Wildman–Crippen MR) is 130 cm³/mol. The topological polar surface area (TPSA) is 74.8 Å². The van der Waals surface area contributed by atoms with Crippen molar-refractivity contribution in [3.05, 3.63) is 109 Å². The molecule has 2 aromatic heterocycles. The number of nitrogens with zero attached hydrogens (tertiary/aromatic N) is 5. The molecule has 4 aromatic rings. The van der Waals surface area contributed by atoms with Gasteiger partial charge in [-0.3, -0.25) is 14.5 Å². The molecule has 0 unspecified atom stereocenters. The van der Waals surface area contributed by atoms with Gasteiger partial charge in [0, 0.05) is 23.5 Å². The molecule has 34 heavy (non-hydrogen) atoms. The number of rotatable bonds is 5. The summed E-state index contributed by atoms with van der Waals surface area (Å²) in [6.07, 6.45) is 5.61. The Morgan fingerprint density at radius 3 is 2.62 bits per heavy atom. The molecule has 0 bridgehead atoms. The van der Waals surface area contributed by atoms with E-state index in [9.17, 15) is 10.1 Å². The minimum absolute atomic E-state index is 0.0520. The number of pyridine rings is 1. The van der Waals surface area contributed by atoms with Crippen LogP contribution < -0.4 is 0 Å². The van der Waals surface area contributed by atoms with E-state index in [0.29, 0.717) is 18.7 Å². The van der Waals surface area contributed by atoms with Crippen molar-refractivity contribution >= 4 is 5.91 Å². The zero-order chi connectivity index (χ0) is 23.5. The molecule has 6 nitrogen and oxygen atoms in total. The summed E-state index contributed by atoms with van der Waals surface area (Å²) in [5.74, 6) is -0.0953. The van der Waals surface area contributed by atoms with Crippen molar-refractivity contribution in [2.75, 3.05) is 0 Å². The molecular weight excluding hydrogens is 422 g/mol. The predicted octanol–water partition coefficient (Wildman–Crippen LogP) is 4.62. The summed E-state index contributed by atoms with van der Waals surface area (Å²) in [5.41, 5.74) is 6.30. The average Bonchev–Trinajstić information content (AvgIpc) is 3.27. The standard InChI is InChI=1S/C28H23N5O/c1-2-26(34)32-19-25-27(22-11-13-30-14-12-22)28(23-10-6-9-21(15-23)17-29)31-33(25)18-24(32)16-20-7-4-3-5-8-20/h2-15,24H,1,16,18-19H2/t24-/m0/s1. The molecule has 166 valence electrons. The monoisotopic (exact) mass is 445 g/mol. The first kappa shape index (κ1) is 21.4. The maximum Gasteiger partial charge on any atom is 0.246 e.